The lowest BCUT2D eigenvalue weighted by Gasteiger charge is -2.30. The van der Waals surface area contributed by atoms with Gasteiger partial charge in [0.2, 0.25) is 5.91 Å². The third-order valence-electron chi connectivity index (χ3n) is 7.26. The van der Waals surface area contributed by atoms with Gasteiger partial charge in [0.25, 0.3) is 0 Å². The lowest BCUT2D eigenvalue weighted by molar-refractivity contribution is -0.126. The Labute approximate surface area is 231 Å². The second-order valence-electron chi connectivity index (χ2n) is 11.1. The van der Waals surface area contributed by atoms with Gasteiger partial charge < -0.3 is 20.9 Å². The SMILES string of the molecule is CC(C)c1cccc(C(C)C)c1NC(=O)NC(C)(Cc1c[nH]c2ccccc12)C(=O)NCCc1ccccc1. The first kappa shape index (κ1) is 28.0. The number of aromatic amines is 1. The van der Waals surface area contributed by atoms with Gasteiger partial charge in [-0.25, -0.2) is 4.79 Å². The first-order valence-corrected chi connectivity index (χ1v) is 13.8. The van der Waals surface area contributed by atoms with E-state index in [1.165, 1.54) is 0 Å². The van der Waals surface area contributed by atoms with E-state index in [2.05, 4.69) is 48.6 Å². The summed E-state index contributed by atoms with van der Waals surface area (Å²) in [7, 11) is 0. The molecule has 204 valence electrons. The molecule has 4 aromatic rings. The van der Waals surface area contributed by atoms with Gasteiger partial charge in [-0.2, -0.15) is 0 Å². The van der Waals surface area contributed by atoms with Crippen LogP contribution in [0.5, 0.6) is 0 Å². The molecule has 1 unspecified atom stereocenters. The molecular weight excluding hydrogens is 484 g/mol. The van der Waals surface area contributed by atoms with Crippen LogP contribution < -0.4 is 16.0 Å². The molecule has 0 radical (unpaired) electrons. The summed E-state index contributed by atoms with van der Waals surface area (Å²) in [6.07, 6.45) is 2.97. The van der Waals surface area contributed by atoms with Gasteiger partial charge in [-0.15, -0.1) is 0 Å². The Balaban J connectivity index is 1.59. The Bertz CT molecular complexity index is 1400. The maximum atomic E-state index is 13.7. The van der Waals surface area contributed by atoms with E-state index >= 15 is 0 Å². The zero-order valence-corrected chi connectivity index (χ0v) is 23.6. The molecule has 0 aliphatic rings. The van der Waals surface area contributed by atoms with E-state index in [9.17, 15) is 9.59 Å². The van der Waals surface area contributed by atoms with Crippen LogP contribution in [-0.2, 0) is 17.6 Å². The average molecular weight is 525 g/mol. The van der Waals surface area contributed by atoms with Gasteiger partial charge in [0, 0.05) is 35.8 Å². The van der Waals surface area contributed by atoms with Crippen molar-refractivity contribution < 1.29 is 9.59 Å². The summed E-state index contributed by atoms with van der Waals surface area (Å²) in [5.74, 6) is 0.246. The van der Waals surface area contributed by atoms with Gasteiger partial charge >= 0.3 is 6.03 Å². The summed E-state index contributed by atoms with van der Waals surface area (Å²) in [5, 5.41) is 10.3. The van der Waals surface area contributed by atoms with Crippen molar-refractivity contribution in [3.63, 3.8) is 0 Å². The maximum Gasteiger partial charge on any atom is 0.320 e. The van der Waals surface area contributed by atoms with Gasteiger partial charge in [-0.3, -0.25) is 4.79 Å². The van der Waals surface area contributed by atoms with Crippen molar-refractivity contribution in [2.75, 3.05) is 11.9 Å². The smallest absolute Gasteiger partial charge is 0.320 e. The van der Waals surface area contributed by atoms with Gasteiger partial charge in [0.1, 0.15) is 5.54 Å². The second-order valence-corrected chi connectivity index (χ2v) is 11.1. The molecule has 1 aromatic heterocycles. The minimum atomic E-state index is -1.18. The number of rotatable bonds is 10. The average Bonchev–Trinajstić information content (AvgIpc) is 3.31. The number of para-hydroxylation sites is 2. The second kappa shape index (κ2) is 12.2. The van der Waals surface area contributed by atoms with Crippen molar-refractivity contribution in [1.82, 2.24) is 15.6 Å². The molecule has 0 saturated carbocycles. The first-order valence-electron chi connectivity index (χ1n) is 13.8. The largest absolute Gasteiger partial charge is 0.361 e. The third-order valence-corrected chi connectivity index (χ3v) is 7.26. The predicted octanol–water partition coefficient (Wildman–Crippen LogP) is 6.90. The fraction of sp³-hybridized carbons (Fsp3) is 0.333. The lowest BCUT2D eigenvalue weighted by Crippen LogP contribution is -2.59. The monoisotopic (exact) mass is 524 g/mol. The predicted molar refractivity (Wildman–Crippen MR) is 160 cm³/mol. The van der Waals surface area contributed by atoms with Crippen LogP contribution in [0, 0.1) is 0 Å². The van der Waals surface area contributed by atoms with Crippen LogP contribution in [0.25, 0.3) is 10.9 Å². The number of benzene rings is 3. The van der Waals surface area contributed by atoms with Crippen LogP contribution in [0.1, 0.15) is 68.7 Å². The number of aromatic nitrogens is 1. The molecule has 0 bridgehead atoms. The quantitative estimate of drug-likeness (QED) is 0.182. The van der Waals surface area contributed by atoms with Crippen molar-refractivity contribution in [1.29, 1.82) is 0 Å². The number of carbonyl (C=O) groups excluding carboxylic acids is 2. The van der Waals surface area contributed by atoms with E-state index in [0.29, 0.717) is 19.4 Å². The summed E-state index contributed by atoms with van der Waals surface area (Å²) in [6, 6.07) is 23.8. The minimum absolute atomic E-state index is 0.222. The van der Waals surface area contributed by atoms with E-state index < -0.39 is 11.6 Å². The van der Waals surface area contributed by atoms with Crippen molar-refractivity contribution in [2.24, 2.45) is 0 Å². The lowest BCUT2D eigenvalue weighted by atomic mass is 9.91. The Kier molecular flexibility index (Phi) is 8.75. The molecule has 1 atom stereocenters. The molecule has 6 heteroatoms. The third kappa shape index (κ3) is 6.69. The van der Waals surface area contributed by atoms with Gasteiger partial charge in [0.05, 0.1) is 0 Å². The Morgan fingerprint density at radius 1 is 0.846 bits per heavy atom. The number of hydrogen-bond donors (Lipinski definition) is 4. The van der Waals surface area contributed by atoms with Gasteiger partial charge in [-0.05, 0) is 53.5 Å². The molecule has 4 rings (SSSR count). The topological polar surface area (TPSA) is 86.0 Å². The van der Waals surface area contributed by atoms with Gasteiger partial charge in [-0.1, -0.05) is 94.4 Å². The number of H-pyrrole nitrogens is 1. The Morgan fingerprint density at radius 2 is 1.49 bits per heavy atom. The molecule has 0 spiro atoms. The highest BCUT2D eigenvalue weighted by Gasteiger charge is 2.36. The highest BCUT2D eigenvalue weighted by molar-refractivity contribution is 5.97. The molecule has 0 aliphatic heterocycles. The number of amides is 3. The van der Waals surface area contributed by atoms with E-state index in [1.807, 2.05) is 79.0 Å². The van der Waals surface area contributed by atoms with Crippen LogP contribution in [0.2, 0.25) is 0 Å². The standard InChI is InChI=1S/C33H40N4O2/c1-22(2)26-15-11-16-27(23(3)4)30(26)36-32(39)37-33(5,20-25-21-35-29-17-10-9-14-28(25)29)31(38)34-19-18-24-12-7-6-8-13-24/h6-17,21-23,35H,18-20H2,1-5H3,(H,34,38)(H2,36,37,39). The van der Waals surface area contributed by atoms with E-state index in [1.54, 1.807) is 6.92 Å². The number of urea groups is 1. The van der Waals surface area contributed by atoms with Crippen LogP contribution in [0.15, 0.2) is 79.0 Å². The zero-order chi connectivity index (χ0) is 28.0. The molecular formula is C33H40N4O2. The molecule has 4 N–H and O–H groups in total. The number of fused-ring (bicyclic) bond motifs is 1. The molecule has 0 saturated heterocycles. The summed E-state index contributed by atoms with van der Waals surface area (Å²) in [5.41, 5.74) is 4.89. The van der Waals surface area contributed by atoms with E-state index in [0.717, 1.165) is 38.8 Å². The van der Waals surface area contributed by atoms with E-state index in [4.69, 9.17) is 0 Å². The first-order chi connectivity index (χ1) is 18.7. The van der Waals surface area contributed by atoms with Crippen molar-refractivity contribution in [3.05, 3.63) is 101 Å². The Hall–Kier alpha value is -4.06. The zero-order valence-electron chi connectivity index (χ0n) is 23.6. The molecule has 39 heavy (non-hydrogen) atoms. The number of hydrogen-bond acceptors (Lipinski definition) is 2. The summed E-state index contributed by atoms with van der Waals surface area (Å²) < 4.78 is 0. The fourth-order valence-corrected chi connectivity index (χ4v) is 5.09. The minimum Gasteiger partial charge on any atom is -0.361 e. The molecule has 1 heterocycles. The van der Waals surface area contributed by atoms with Crippen LogP contribution in [0.4, 0.5) is 10.5 Å². The van der Waals surface area contributed by atoms with Crippen molar-refractivity contribution >= 4 is 28.5 Å². The van der Waals surface area contributed by atoms with Gasteiger partial charge in [0.15, 0.2) is 0 Å². The summed E-state index contributed by atoms with van der Waals surface area (Å²) in [6.45, 7) is 10.7. The normalized spacial score (nSPS) is 12.9. The van der Waals surface area contributed by atoms with Crippen molar-refractivity contribution in [3.8, 4) is 0 Å². The van der Waals surface area contributed by atoms with Crippen LogP contribution in [0.3, 0.4) is 0 Å². The number of anilines is 1. The van der Waals surface area contributed by atoms with Crippen molar-refractivity contribution in [2.45, 2.75) is 64.8 Å². The fourth-order valence-electron chi connectivity index (χ4n) is 5.09. The highest BCUT2D eigenvalue weighted by Crippen LogP contribution is 2.32. The highest BCUT2D eigenvalue weighted by atomic mass is 16.2. The van der Waals surface area contributed by atoms with Crippen LogP contribution in [-0.4, -0.2) is 29.0 Å². The number of carbonyl (C=O) groups is 2. The molecule has 3 amide bonds. The molecule has 6 nitrogen and oxygen atoms in total. The number of nitrogens with one attached hydrogen (secondary N) is 4. The molecule has 3 aromatic carbocycles. The molecule has 0 fully saturated rings. The summed E-state index contributed by atoms with van der Waals surface area (Å²) >= 11 is 0. The molecule has 0 aliphatic carbocycles. The van der Waals surface area contributed by atoms with Crippen LogP contribution >= 0.6 is 0 Å². The summed E-state index contributed by atoms with van der Waals surface area (Å²) in [4.78, 5) is 30.5. The Morgan fingerprint density at radius 3 is 2.15 bits per heavy atom. The maximum absolute atomic E-state index is 13.7. The van der Waals surface area contributed by atoms with E-state index in [-0.39, 0.29) is 17.7 Å².